The van der Waals surface area contributed by atoms with Crippen LogP contribution in [0.15, 0.2) is 41.0 Å². The number of rotatable bonds is 10. The number of furan rings is 1. The molecule has 1 aromatic heterocycles. The van der Waals surface area contributed by atoms with Crippen molar-refractivity contribution in [2.24, 2.45) is 0 Å². The van der Waals surface area contributed by atoms with Gasteiger partial charge in [-0.3, -0.25) is 9.59 Å². The molecule has 1 heterocycles. The summed E-state index contributed by atoms with van der Waals surface area (Å²) in [4.78, 5) is 27.6. The van der Waals surface area contributed by atoms with Crippen molar-refractivity contribution in [3.63, 3.8) is 0 Å². The van der Waals surface area contributed by atoms with Crippen LogP contribution < -0.4 is 0 Å². The van der Waals surface area contributed by atoms with E-state index in [1.165, 1.54) is 31.9 Å². The Morgan fingerprint density at radius 2 is 1.79 bits per heavy atom. The lowest BCUT2D eigenvalue weighted by molar-refractivity contribution is 0.0734. The first-order chi connectivity index (χ1) is 13.7. The maximum Gasteiger partial charge on any atom is 0.258 e. The van der Waals surface area contributed by atoms with E-state index < -0.39 is 0 Å². The third-order valence-corrected chi connectivity index (χ3v) is 5.47. The smallest absolute Gasteiger partial charge is 0.258 e. The average molecular weight is 382 g/mol. The predicted molar refractivity (Wildman–Crippen MR) is 111 cm³/mol. The van der Waals surface area contributed by atoms with Crippen molar-refractivity contribution >= 4 is 11.7 Å². The molecule has 1 aromatic carbocycles. The average Bonchev–Trinajstić information content (AvgIpc) is 3.15. The molecule has 0 saturated carbocycles. The van der Waals surface area contributed by atoms with Gasteiger partial charge in [-0.15, -0.1) is 0 Å². The van der Waals surface area contributed by atoms with Gasteiger partial charge in [0.2, 0.25) is 0 Å². The molecular formula is C24H31NO3. The summed E-state index contributed by atoms with van der Waals surface area (Å²) in [6.45, 7) is 3.48. The number of nitrogens with zero attached hydrogens (tertiary/aromatic N) is 1. The highest BCUT2D eigenvalue weighted by molar-refractivity contribution is 6.09. The number of hydrogen-bond donors (Lipinski definition) is 0. The van der Waals surface area contributed by atoms with Gasteiger partial charge in [-0.1, -0.05) is 69.4 Å². The minimum absolute atomic E-state index is 0.0394. The van der Waals surface area contributed by atoms with Crippen molar-refractivity contribution in [2.45, 2.75) is 71.3 Å². The highest BCUT2D eigenvalue weighted by Gasteiger charge is 2.30. The van der Waals surface area contributed by atoms with Crippen molar-refractivity contribution in [1.29, 1.82) is 0 Å². The Morgan fingerprint density at radius 1 is 1.04 bits per heavy atom. The zero-order valence-electron chi connectivity index (χ0n) is 16.9. The summed E-state index contributed by atoms with van der Waals surface area (Å²) in [6, 6.07) is 10.0. The lowest BCUT2D eigenvalue weighted by atomic mass is 9.93. The molecule has 0 atom stereocenters. The minimum atomic E-state index is -0.0855. The fraction of sp³-hybridized carbons (Fsp3) is 0.500. The Bertz CT molecular complexity index is 778. The van der Waals surface area contributed by atoms with E-state index >= 15 is 0 Å². The molecule has 0 spiro atoms. The summed E-state index contributed by atoms with van der Waals surface area (Å²) in [5.41, 5.74) is 2.07. The van der Waals surface area contributed by atoms with Crippen LogP contribution in [0.2, 0.25) is 0 Å². The van der Waals surface area contributed by atoms with E-state index in [4.69, 9.17) is 4.42 Å². The highest BCUT2D eigenvalue weighted by atomic mass is 16.3. The fourth-order valence-electron chi connectivity index (χ4n) is 3.89. The minimum Gasteiger partial charge on any atom is -0.468 e. The molecule has 0 radical (unpaired) electrons. The zero-order chi connectivity index (χ0) is 19.8. The number of fused-ring (bicyclic) bond motifs is 1. The summed E-state index contributed by atoms with van der Waals surface area (Å²) in [7, 11) is 0. The fourth-order valence-corrected chi connectivity index (χ4v) is 3.89. The van der Waals surface area contributed by atoms with Crippen molar-refractivity contribution in [2.75, 3.05) is 6.54 Å². The molecule has 4 nitrogen and oxygen atoms in total. The third kappa shape index (κ3) is 5.12. The van der Waals surface area contributed by atoms with E-state index in [0.29, 0.717) is 36.4 Å². The van der Waals surface area contributed by atoms with Crippen LogP contribution in [-0.2, 0) is 13.0 Å². The molecule has 0 fully saturated rings. The zero-order valence-corrected chi connectivity index (χ0v) is 16.9. The second kappa shape index (κ2) is 10.3. The van der Waals surface area contributed by atoms with Gasteiger partial charge >= 0.3 is 0 Å². The van der Waals surface area contributed by atoms with Crippen LogP contribution in [-0.4, -0.2) is 23.1 Å². The molecule has 1 aliphatic rings. The van der Waals surface area contributed by atoms with Gasteiger partial charge in [0.15, 0.2) is 5.78 Å². The van der Waals surface area contributed by atoms with Gasteiger partial charge in [0.05, 0.1) is 11.1 Å². The van der Waals surface area contributed by atoms with E-state index in [1.54, 1.807) is 0 Å². The number of Topliss-reactive ketones (excluding diaryl/α,β-unsaturated/α-hetero) is 1. The Kier molecular flexibility index (Phi) is 7.46. The van der Waals surface area contributed by atoms with E-state index in [-0.39, 0.29) is 11.7 Å². The van der Waals surface area contributed by atoms with Crippen LogP contribution >= 0.6 is 0 Å². The van der Waals surface area contributed by atoms with Gasteiger partial charge in [-0.2, -0.15) is 0 Å². The van der Waals surface area contributed by atoms with Gasteiger partial charge in [0.25, 0.3) is 5.91 Å². The number of carbonyl (C=O) groups is 2. The summed E-state index contributed by atoms with van der Waals surface area (Å²) >= 11 is 0. The van der Waals surface area contributed by atoms with Crippen LogP contribution in [0.1, 0.15) is 90.3 Å². The lowest BCUT2D eigenvalue weighted by Gasteiger charge is -2.23. The van der Waals surface area contributed by atoms with Crippen LogP contribution in [0.25, 0.3) is 0 Å². The van der Waals surface area contributed by atoms with Crippen molar-refractivity contribution in [3.05, 3.63) is 59.0 Å². The van der Waals surface area contributed by atoms with Gasteiger partial charge in [-0.05, 0) is 18.4 Å². The molecule has 0 bridgehead atoms. The molecule has 28 heavy (non-hydrogen) atoms. The van der Waals surface area contributed by atoms with Crippen LogP contribution in [0, 0.1) is 0 Å². The number of ketones is 1. The lowest BCUT2D eigenvalue weighted by Crippen LogP contribution is -2.32. The first kappa shape index (κ1) is 20.4. The van der Waals surface area contributed by atoms with Gasteiger partial charge in [0, 0.05) is 25.9 Å². The molecule has 1 amide bonds. The second-order valence-corrected chi connectivity index (χ2v) is 7.70. The summed E-state index contributed by atoms with van der Waals surface area (Å²) in [5, 5.41) is 0. The van der Waals surface area contributed by atoms with Crippen LogP contribution in [0.4, 0.5) is 0 Å². The third-order valence-electron chi connectivity index (χ3n) is 5.47. The number of hydrogen-bond acceptors (Lipinski definition) is 3. The molecule has 0 saturated heterocycles. The number of benzene rings is 1. The molecule has 150 valence electrons. The Morgan fingerprint density at radius 3 is 2.57 bits per heavy atom. The van der Waals surface area contributed by atoms with Gasteiger partial charge < -0.3 is 9.32 Å². The van der Waals surface area contributed by atoms with Crippen molar-refractivity contribution in [1.82, 2.24) is 4.90 Å². The number of amides is 1. The normalized spacial score (nSPS) is 13.4. The van der Waals surface area contributed by atoms with Crippen molar-refractivity contribution in [3.8, 4) is 0 Å². The quantitative estimate of drug-likeness (QED) is 0.489. The topological polar surface area (TPSA) is 50.5 Å². The van der Waals surface area contributed by atoms with E-state index in [1.807, 2.05) is 35.2 Å². The molecule has 0 unspecified atom stereocenters. The number of aryl methyl sites for hydroxylation is 1. The summed E-state index contributed by atoms with van der Waals surface area (Å²) < 4.78 is 5.58. The van der Waals surface area contributed by atoms with E-state index in [9.17, 15) is 9.59 Å². The SMILES string of the molecule is CCCCCCCCN(Cc1ccccc1)C(=O)c1coc2c1C(=O)CCC2. The molecule has 3 rings (SSSR count). The molecule has 2 aromatic rings. The number of carbonyl (C=O) groups excluding carboxylic acids is 2. The largest absolute Gasteiger partial charge is 0.468 e. The standard InChI is InChI=1S/C24H31NO3/c1-2-3-4-5-6-10-16-25(17-19-12-8-7-9-13-19)24(27)20-18-28-22-15-11-14-21(26)23(20)22/h7-9,12-13,18H,2-6,10-11,14-17H2,1H3. The predicted octanol–water partition coefficient (Wildman–Crippen LogP) is 5.80. The first-order valence-corrected chi connectivity index (χ1v) is 10.7. The Hall–Kier alpha value is -2.36. The van der Waals surface area contributed by atoms with E-state index in [0.717, 1.165) is 31.2 Å². The van der Waals surface area contributed by atoms with E-state index in [2.05, 4.69) is 6.92 Å². The molecular weight excluding hydrogens is 350 g/mol. The maximum atomic E-state index is 13.3. The van der Waals surface area contributed by atoms with Crippen LogP contribution in [0.5, 0.6) is 0 Å². The summed E-state index contributed by atoms with van der Waals surface area (Å²) in [5.74, 6) is 0.633. The maximum absolute atomic E-state index is 13.3. The Balaban J connectivity index is 1.71. The first-order valence-electron chi connectivity index (χ1n) is 10.7. The summed E-state index contributed by atoms with van der Waals surface area (Å²) in [6.07, 6.45) is 10.6. The molecule has 1 aliphatic carbocycles. The molecule has 0 N–H and O–H groups in total. The van der Waals surface area contributed by atoms with Gasteiger partial charge in [0.1, 0.15) is 12.0 Å². The Labute approximate surface area is 167 Å². The van der Waals surface area contributed by atoms with Gasteiger partial charge in [-0.25, -0.2) is 0 Å². The van der Waals surface area contributed by atoms with Crippen LogP contribution in [0.3, 0.4) is 0 Å². The molecule has 4 heteroatoms. The van der Waals surface area contributed by atoms with Crippen molar-refractivity contribution < 1.29 is 14.0 Å². The number of unbranched alkanes of at least 4 members (excludes halogenated alkanes) is 5. The second-order valence-electron chi connectivity index (χ2n) is 7.70. The highest BCUT2D eigenvalue weighted by Crippen LogP contribution is 2.27. The monoisotopic (exact) mass is 381 g/mol. The molecule has 0 aliphatic heterocycles.